The molecule has 0 fully saturated rings. The average molecular weight is 151 g/mol. The van der Waals surface area contributed by atoms with Crippen LogP contribution in [0.1, 0.15) is 18.1 Å². The molecule has 60 valence electrons. The SMILES string of the molecule is CCc1ccc(C)c(ON)c1. The zero-order valence-electron chi connectivity index (χ0n) is 6.92. The van der Waals surface area contributed by atoms with Crippen LogP contribution in [0, 0.1) is 6.92 Å². The molecule has 0 spiro atoms. The molecule has 0 unspecified atom stereocenters. The summed E-state index contributed by atoms with van der Waals surface area (Å²) in [6, 6.07) is 6.06. The highest BCUT2D eigenvalue weighted by Crippen LogP contribution is 2.18. The molecule has 0 amide bonds. The molecule has 2 N–H and O–H groups in total. The Kier molecular flexibility index (Phi) is 2.49. The number of nitrogens with two attached hydrogens (primary N) is 1. The zero-order valence-corrected chi connectivity index (χ0v) is 6.92. The van der Waals surface area contributed by atoms with Crippen LogP contribution in [0.4, 0.5) is 0 Å². The summed E-state index contributed by atoms with van der Waals surface area (Å²) >= 11 is 0. The van der Waals surface area contributed by atoms with Gasteiger partial charge < -0.3 is 4.84 Å². The van der Waals surface area contributed by atoms with Crippen molar-refractivity contribution >= 4 is 0 Å². The molecule has 0 aliphatic rings. The third-order valence-corrected chi connectivity index (χ3v) is 1.79. The van der Waals surface area contributed by atoms with Crippen LogP contribution in [0.5, 0.6) is 5.75 Å². The van der Waals surface area contributed by atoms with Crippen LogP contribution in [0.25, 0.3) is 0 Å². The Morgan fingerprint density at radius 2 is 2.18 bits per heavy atom. The summed E-state index contributed by atoms with van der Waals surface area (Å²) in [4.78, 5) is 4.69. The molecule has 0 atom stereocenters. The van der Waals surface area contributed by atoms with Crippen molar-refractivity contribution in [3.63, 3.8) is 0 Å². The van der Waals surface area contributed by atoms with Gasteiger partial charge in [0.15, 0.2) is 0 Å². The zero-order chi connectivity index (χ0) is 8.27. The van der Waals surface area contributed by atoms with E-state index in [0.29, 0.717) is 0 Å². The summed E-state index contributed by atoms with van der Waals surface area (Å²) in [7, 11) is 0. The van der Waals surface area contributed by atoms with Crippen LogP contribution in [-0.4, -0.2) is 0 Å². The highest BCUT2D eigenvalue weighted by molar-refractivity contribution is 5.36. The molecule has 1 aromatic carbocycles. The Labute approximate surface area is 66.9 Å². The minimum atomic E-state index is 0.768. The molecule has 0 aliphatic carbocycles. The highest BCUT2D eigenvalue weighted by Gasteiger charge is 1.98. The summed E-state index contributed by atoms with van der Waals surface area (Å²) in [5, 5.41) is 0. The van der Waals surface area contributed by atoms with Gasteiger partial charge in [0.05, 0.1) is 0 Å². The largest absolute Gasteiger partial charge is 0.411 e. The van der Waals surface area contributed by atoms with Crippen molar-refractivity contribution in [2.75, 3.05) is 0 Å². The molecule has 0 radical (unpaired) electrons. The Morgan fingerprint density at radius 3 is 2.73 bits per heavy atom. The van der Waals surface area contributed by atoms with E-state index in [1.165, 1.54) is 5.56 Å². The number of hydrogen-bond acceptors (Lipinski definition) is 2. The van der Waals surface area contributed by atoms with Gasteiger partial charge in [-0.25, -0.2) is 0 Å². The van der Waals surface area contributed by atoms with Crippen LogP contribution in [0.3, 0.4) is 0 Å². The van der Waals surface area contributed by atoms with E-state index in [1.54, 1.807) is 0 Å². The summed E-state index contributed by atoms with van der Waals surface area (Å²) in [5.74, 6) is 5.84. The standard InChI is InChI=1S/C9H13NO/c1-3-8-5-4-7(2)9(6-8)11-10/h4-6H,3,10H2,1-2H3. The maximum Gasteiger partial charge on any atom is 0.150 e. The molecule has 0 bridgehead atoms. The lowest BCUT2D eigenvalue weighted by molar-refractivity contribution is 0.332. The smallest absolute Gasteiger partial charge is 0.150 e. The van der Waals surface area contributed by atoms with Crippen LogP contribution >= 0.6 is 0 Å². The molecule has 0 heterocycles. The van der Waals surface area contributed by atoms with E-state index in [4.69, 9.17) is 5.90 Å². The first kappa shape index (κ1) is 8.08. The molecule has 0 aromatic heterocycles. The van der Waals surface area contributed by atoms with Gasteiger partial charge in [-0.05, 0) is 30.5 Å². The fourth-order valence-corrected chi connectivity index (χ4v) is 0.991. The highest BCUT2D eigenvalue weighted by atomic mass is 16.6. The minimum Gasteiger partial charge on any atom is -0.411 e. The second-order valence-corrected chi connectivity index (χ2v) is 2.57. The van der Waals surface area contributed by atoms with Crippen molar-refractivity contribution in [1.29, 1.82) is 0 Å². The molecular weight excluding hydrogens is 138 g/mol. The fourth-order valence-electron chi connectivity index (χ4n) is 0.991. The van der Waals surface area contributed by atoms with E-state index in [9.17, 15) is 0 Å². The Bertz CT molecular complexity index is 245. The minimum absolute atomic E-state index is 0.768. The van der Waals surface area contributed by atoms with E-state index in [2.05, 4.69) is 17.8 Å². The third-order valence-electron chi connectivity index (χ3n) is 1.79. The molecule has 1 aromatic rings. The monoisotopic (exact) mass is 151 g/mol. The van der Waals surface area contributed by atoms with Gasteiger partial charge in [0.1, 0.15) is 5.75 Å². The van der Waals surface area contributed by atoms with Crippen molar-refractivity contribution in [3.8, 4) is 5.75 Å². The van der Waals surface area contributed by atoms with Gasteiger partial charge in [-0.15, -0.1) is 0 Å². The summed E-state index contributed by atoms with van der Waals surface area (Å²) in [5.41, 5.74) is 2.32. The van der Waals surface area contributed by atoms with E-state index in [0.717, 1.165) is 17.7 Å². The maximum atomic E-state index is 5.07. The predicted molar refractivity (Wildman–Crippen MR) is 45.4 cm³/mol. The van der Waals surface area contributed by atoms with Crippen molar-refractivity contribution < 1.29 is 4.84 Å². The van der Waals surface area contributed by atoms with Crippen LogP contribution in [0.15, 0.2) is 18.2 Å². The molecular formula is C9H13NO. The van der Waals surface area contributed by atoms with E-state index < -0.39 is 0 Å². The lowest BCUT2D eigenvalue weighted by atomic mass is 10.1. The maximum absolute atomic E-state index is 5.07. The molecule has 0 aliphatic heterocycles. The predicted octanol–water partition coefficient (Wildman–Crippen LogP) is 1.81. The third kappa shape index (κ3) is 1.71. The van der Waals surface area contributed by atoms with Gasteiger partial charge in [0.25, 0.3) is 0 Å². The first-order valence-electron chi connectivity index (χ1n) is 3.74. The quantitative estimate of drug-likeness (QED) is 0.654. The Morgan fingerprint density at radius 1 is 1.45 bits per heavy atom. The van der Waals surface area contributed by atoms with Gasteiger partial charge in [-0.2, -0.15) is 5.90 Å². The molecule has 2 heteroatoms. The van der Waals surface area contributed by atoms with E-state index in [1.807, 2.05) is 19.1 Å². The van der Waals surface area contributed by atoms with E-state index >= 15 is 0 Å². The topological polar surface area (TPSA) is 35.2 Å². The fraction of sp³-hybridized carbons (Fsp3) is 0.333. The second-order valence-electron chi connectivity index (χ2n) is 2.57. The van der Waals surface area contributed by atoms with E-state index in [-0.39, 0.29) is 0 Å². The van der Waals surface area contributed by atoms with Gasteiger partial charge in [0.2, 0.25) is 0 Å². The number of aryl methyl sites for hydroxylation is 2. The second kappa shape index (κ2) is 3.39. The number of hydrogen-bond donors (Lipinski definition) is 1. The van der Waals surface area contributed by atoms with Crippen molar-refractivity contribution in [3.05, 3.63) is 29.3 Å². The lowest BCUT2D eigenvalue weighted by Gasteiger charge is -2.04. The molecule has 0 saturated carbocycles. The van der Waals surface area contributed by atoms with Crippen LogP contribution in [0.2, 0.25) is 0 Å². The molecule has 0 saturated heterocycles. The lowest BCUT2D eigenvalue weighted by Crippen LogP contribution is -2.03. The summed E-state index contributed by atoms with van der Waals surface area (Å²) < 4.78 is 0. The van der Waals surface area contributed by atoms with Crippen molar-refractivity contribution in [2.45, 2.75) is 20.3 Å². The number of benzene rings is 1. The van der Waals surface area contributed by atoms with Gasteiger partial charge in [-0.3, -0.25) is 0 Å². The van der Waals surface area contributed by atoms with Crippen LogP contribution in [-0.2, 0) is 6.42 Å². The van der Waals surface area contributed by atoms with Crippen molar-refractivity contribution in [2.24, 2.45) is 5.90 Å². The Balaban J connectivity index is 3.02. The average Bonchev–Trinajstić information content (AvgIpc) is 2.05. The summed E-state index contributed by atoms with van der Waals surface area (Å²) in [6.45, 7) is 4.08. The van der Waals surface area contributed by atoms with Gasteiger partial charge >= 0.3 is 0 Å². The molecule has 1 rings (SSSR count). The first-order valence-corrected chi connectivity index (χ1v) is 3.74. The first-order chi connectivity index (χ1) is 5.27. The number of rotatable bonds is 2. The van der Waals surface area contributed by atoms with Crippen molar-refractivity contribution in [1.82, 2.24) is 0 Å². The van der Waals surface area contributed by atoms with Gasteiger partial charge in [0, 0.05) is 0 Å². The molecule has 2 nitrogen and oxygen atoms in total. The Hall–Kier alpha value is -1.02. The normalized spacial score (nSPS) is 9.73. The van der Waals surface area contributed by atoms with Crippen LogP contribution < -0.4 is 10.7 Å². The molecule has 11 heavy (non-hydrogen) atoms. The van der Waals surface area contributed by atoms with Gasteiger partial charge in [-0.1, -0.05) is 19.1 Å². The summed E-state index contributed by atoms with van der Waals surface area (Å²) in [6.07, 6.45) is 1.01.